The normalized spacial score (nSPS) is 28.5. The van der Waals surface area contributed by atoms with Crippen molar-refractivity contribution in [2.24, 2.45) is 17.8 Å². The van der Waals surface area contributed by atoms with Gasteiger partial charge in [0.2, 0.25) is 5.91 Å². The summed E-state index contributed by atoms with van der Waals surface area (Å²) in [5, 5.41) is 3.04. The van der Waals surface area contributed by atoms with Crippen molar-refractivity contribution >= 4 is 5.91 Å². The molecule has 2 bridgehead atoms. The molecule has 3 heteroatoms. The second-order valence-corrected chi connectivity index (χ2v) is 6.06. The van der Waals surface area contributed by atoms with E-state index in [1.165, 1.54) is 25.7 Å². The van der Waals surface area contributed by atoms with Crippen molar-refractivity contribution in [1.29, 1.82) is 0 Å². The van der Waals surface area contributed by atoms with Crippen LogP contribution in [-0.2, 0) is 11.2 Å². The first kappa shape index (κ1) is 12.6. The second-order valence-electron chi connectivity index (χ2n) is 6.06. The summed E-state index contributed by atoms with van der Waals surface area (Å²) in [7, 11) is 0. The summed E-state index contributed by atoms with van der Waals surface area (Å²) in [6.07, 6.45) is 8.79. The Hall–Kier alpha value is -1.38. The molecule has 0 aromatic carbocycles. The minimum atomic E-state index is 0.230. The van der Waals surface area contributed by atoms with E-state index in [0.717, 1.165) is 30.4 Å². The van der Waals surface area contributed by atoms with E-state index >= 15 is 0 Å². The Kier molecular flexibility index (Phi) is 3.81. The van der Waals surface area contributed by atoms with E-state index in [4.69, 9.17) is 0 Å². The quantitative estimate of drug-likeness (QED) is 0.882. The molecule has 0 spiro atoms. The SMILES string of the molecule is O=C(C[C@H]1C[C@H]2CC[C@H]1C2)NCCc1ccccn1. The monoisotopic (exact) mass is 258 g/mol. The van der Waals surface area contributed by atoms with Crippen LogP contribution in [0.5, 0.6) is 0 Å². The fourth-order valence-electron chi connectivity index (χ4n) is 3.81. The lowest BCUT2D eigenvalue weighted by molar-refractivity contribution is -0.122. The molecule has 1 aromatic heterocycles. The Labute approximate surface area is 114 Å². The van der Waals surface area contributed by atoms with E-state index in [9.17, 15) is 4.79 Å². The molecular formula is C16H22N2O. The molecule has 0 radical (unpaired) electrons. The molecule has 3 nitrogen and oxygen atoms in total. The number of nitrogens with zero attached hydrogens (tertiary/aromatic N) is 1. The number of aromatic nitrogens is 1. The predicted molar refractivity (Wildman–Crippen MR) is 74.5 cm³/mol. The van der Waals surface area contributed by atoms with Gasteiger partial charge in [-0.1, -0.05) is 12.5 Å². The lowest BCUT2D eigenvalue weighted by atomic mass is 9.86. The van der Waals surface area contributed by atoms with Crippen molar-refractivity contribution in [3.05, 3.63) is 30.1 Å². The third kappa shape index (κ3) is 3.14. The number of rotatable bonds is 5. The topological polar surface area (TPSA) is 42.0 Å². The molecule has 1 aromatic rings. The first-order chi connectivity index (χ1) is 9.31. The van der Waals surface area contributed by atoms with Crippen LogP contribution in [0.3, 0.4) is 0 Å². The predicted octanol–water partition coefficient (Wildman–Crippen LogP) is 2.57. The summed E-state index contributed by atoms with van der Waals surface area (Å²) < 4.78 is 0. The molecule has 0 saturated heterocycles. The zero-order valence-corrected chi connectivity index (χ0v) is 11.3. The fraction of sp³-hybridized carbons (Fsp3) is 0.625. The number of carbonyl (C=O) groups is 1. The van der Waals surface area contributed by atoms with Crippen molar-refractivity contribution in [3.63, 3.8) is 0 Å². The van der Waals surface area contributed by atoms with Gasteiger partial charge in [0.25, 0.3) is 0 Å². The highest BCUT2D eigenvalue weighted by molar-refractivity contribution is 5.76. The number of carbonyl (C=O) groups excluding carboxylic acids is 1. The number of pyridine rings is 1. The smallest absolute Gasteiger partial charge is 0.220 e. The summed E-state index contributed by atoms with van der Waals surface area (Å²) in [5.74, 6) is 2.66. The number of hydrogen-bond donors (Lipinski definition) is 1. The van der Waals surface area contributed by atoms with Crippen LogP contribution in [0, 0.1) is 17.8 Å². The van der Waals surface area contributed by atoms with Gasteiger partial charge in [-0.15, -0.1) is 0 Å². The molecule has 2 aliphatic rings. The summed E-state index contributed by atoms with van der Waals surface area (Å²) in [4.78, 5) is 16.2. The van der Waals surface area contributed by atoms with E-state index in [1.807, 2.05) is 18.2 Å². The molecule has 3 atom stereocenters. The van der Waals surface area contributed by atoms with E-state index in [2.05, 4.69) is 10.3 Å². The zero-order valence-electron chi connectivity index (χ0n) is 11.3. The zero-order chi connectivity index (χ0) is 13.1. The van der Waals surface area contributed by atoms with Crippen LogP contribution in [0.25, 0.3) is 0 Å². The standard InChI is InChI=1S/C16H22N2O/c19-16(11-14-10-12-4-5-13(14)9-12)18-8-6-15-3-1-2-7-17-15/h1-3,7,12-14H,4-6,8-11H2,(H,18,19)/t12-,13-,14+/m0/s1. The number of amides is 1. The maximum absolute atomic E-state index is 11.9. The Morgan fingerprint density at radius 2 is 2.26 bits per heavy atom. The first-order valence-corrected chi connectivity index (χ1v) is 7.48. The lowest BCUT2D eigenvalue weighted by Crippen LogP contribution is -2.29. The molecule has 102 valence electrons. The highest BCUT2D eigenvalue weighted by atomic mass is 16.1. The Morgan fingerprint density at radius 3 is 2.95 bits per heavy atom. The van der Waals surface area contributed by atoms with E-state index < -0.39 is 0 Å². The molecule has 1 amide bonds. The third-order valence-corrected chi connectivity index (χ3v) is 4.76. The van der Waals surface area contributed by atoms with Crippen molar-refractivity contribution in [3.8, 4) is 0 Å². The minimum absolute atomic E-state index is 0.230. The van der Waals surface area contributed by atoms with Gasteiger partial charge in [0.1, 0.15) is 0 Å². The van der Waals surface area contributed by atoms with Gasteiger partial charge in [0.15, 0.2) is 0 Å². The molecule has 1 heterocycles. The largest absolute Gasteiger partial charge is 0.356 e. The third-order valence-electron chi connectivity index (χ3n) is 4.76. The molecule has 0 unspecified atom stereocenters. The summed E-state index contributed by atoms with van der Waals surface area (Å²) in [5.41, 5.74) is 1.04. The highest BCUT2D eigenvalue weighted by Gasteiger charge is 2.39. The molecule has 0 aliphatic heterocycles. The molecule has 1 N–H and O–H groups in total. The van der Waals surface area contributed by atoms with Crippen molar-refractivity contribution < 1.29 is 4.79 Å². The summed E-state index contributed by atoms with van der Waals surface area (Å²) in [6.45, 7) is 0.705. The molecule has 2 aliphatic carbocycles. The van der Waals surface area contributed by atoms with Gasteiger partial charge in [0.05, 0.1) is 0 Å². The molecule has 19 heavy (non-hydrogen) atoms. The summed E-state index contributed by atoms with van der Waals surface area (Å²) >= 11 is 0. The van der Waals surface area contributed by atoms with Gasteiger partial charge >= 0.3 is 0 Å². The van der Waals surface area contributed by atoms with Crippen LogP contribution in [0.1, 0.15) is 37.8 Å². The summed E-state index contributed by atoms with van der Waals surface area (Å²) in [6, 6.07) is 5.90. The van der Waals surface area contributed by atoms with Gasteiger partial charge in [-0.25, -0.2) is 0 Å². The van der Waals surface area contributed by atoms with Crippen LogP contribution in [0.4, 0.5) is 0 Å². The van der Waals surface area contributed by atoms with E-state index in [1.54, 1.807) is 6.20 Å². The van der Waals surface area contributed by atoms with Crippen LogP contribution in [-0.4, -0.2) is 17.4 Å². The van der Waals surface area contributed by atoms with E-state index in [-0.39, 0.29) is 5.91 Å². The maximum Gasteiger partial charge on any atom is 0.220 e. The average molecular weight is 258 g/mol. The van der Waals surface area contributed by atoms with Crippen molar-refractivity contribution in [2.45, 2.75) is 38.5 Å². The van der Waals surface area contributed by atoms with Gasteiger partial charge in [-0.2, -0.15) is 0 Å². The fourth-order valence-corrected chi connectivity index (χ4v) is 3.81. The molecule has 3 rings (SSSR count). The highest BCUT2D eigenvalue weighted by Crippen LogP contribution is 2.49. The lowest BCUT2D eigenvalue weighted by Gasteiger charge is -2.20. The van der Waals surface area contributed by atoms with Crippen LogP contribution < -0.4 is 5.32 Å². The van der Waals surface area contributed by atoms with Gasteiger partial charge in [-0.3, -0.25) is 9.78 Å². The average Bonchev–Trinajstić information content (AvgIpc) is 3.02. The van der Waals surface area contributed by atoms with Gasteiger partial charge in [-0.05, 0) is 49.1 Å². The minimum Gasteiger partial charge on any atom is -0.356 e. The number of hydrogen-bond acceptors (Lipinski definition) is 2. The van der Waals surface area contributed by atoms with Crippen molar-refractivity contribution in [2.75, 3.05) is 6.54 Å². The second kappa shape index (κ2) is 5.72. The molecule has 2 fully saturated rings. The number of fused-ring (bicyclic) bond motifs is 2. The molecule has 2 saturated carbocycles. The Morgan fingerprint density at radius 1 is 1.32 bits per heavy atom. The Balaban J connectivity index is 1.38. The van der Waals surface area contributed by atoms with Gasteiger partial charge in [0, 0.05) is 31.3 Å². The van der Waals surface area contributed by atoms with Crippen LogP contribution in [0.15, 0.2) is 24.4 Å². The van der Waals surface area contributed by atoms with Crippen molar-refractivity contribution in [1.82, 2.24) is 10.3 Å². The van der Waals surface area contributed by atoms with E-state index in [0.29, 0.717) is 12.5 Å². The van der Waals surface area contributed by atoms with Gasteiger partial charge < -0.3 is 5.32 Å². The Bertz CT molecular complexity index is 432. The maximum atomic E-state index is 11.9. The van der Waals surface area contributed by atoms with Crippen LogP contribution in [0.2, 0.25) is 0 Å². The first-order valence-electron chi connectivity index (χ1n) is 7.48. The van der Waals surface area contributed by atoms with Crippen LogP contribution >= 0.6 is 0 Å². The molecular weight excluding hydrogens is 236 g/mol. The number of nitrogens with one attached hydrogen (secondary N) is 1.